The summed E-state index contributed by atoms with van der Waals surface area (Å²) >= 11 is 0. The summed E-state index contributed by atoms with van der Waals surface area (Å²) in [5, 5.41) is 10.6. The Labute approximate surface area is 127 Å². The van der Waals surface area contributed by atoms with E-state index in [0.29, 0.717) is 0 Å². The molecule has 0 saturated carbocycles. The first-order valence-corrected chi connectivity index (χ1v) is 4.01. The fourth-order valence-corrected chi connectivity index (χ4v) is 1.07. The quantitative estimate of drug-likeness (QED) is 0.682. The minimum Gasteiger partial charge on any atom is -0.508 e. The zero-order valence-electron chi connectivity index (χ0n) is 28.0. The van der Waals surface area contributed by atoms with Gasteiger partial charge >= 0.3 is 0 Å². The summed E-state index contributed by atoms with van der Waals surface area (Å²) in [4.78, 5) is 0. The first-order chi connectivity index (χ1) is 15.4. The maximum Gasteiger partial charge on any atom is 0.121 e. The molecule has 0 fully saturated rings. The Morgan fingerprint density at radius 2 is 1.56 bits per heavy atom. The third-order valence-corrected chi connectivity index (χ3v) is 1.76. The van der Waals surface area contributed by atoms with E-state index in [0.717, 1.165) is 0 Å². The van der Waals surface area contributed by atoms with Gasteiger partial charge < -0.3 is 10.8 Å². The lowest BCUT2D eigenvalue weighted by Gasteiger charge is -2.27. The van der Waals surface area contributed by atoms with Crippen LogP contribution in [-0.4, -0.2) is 5.11 Å². The third-order valence-electron chi connectivity index (χ3n) is 1.76. The van der Waals surface area contributed by atoms with Gasteiger partial charge in [0.15, 0.2) is 0 Å². The van der Waals surface area contributed by atoms with Gasteiger partial charge in [-0.3, -0.25) is 0 Å². The second-order valence-corrected chi connectivity index (χ2v) is 3.26. The second-order valence-electron chi connectivity index (χ2n) is 3.26. The Balaban J connectivity index is 4.89. The van der Waals surface area contributed by atoms with Crippen LogP contribution in [0.2, 0.25) is 0 Å². The van der Waals surface area contributed by atoms with Crippen LogP contribution in [0, 0.1) is 0 Å². The van der Waals surface area contributed by atoms with Crippen LogP contribution < -0.4 is 5.73 Å². The normalized spacial score (nSPS) is 36.0. The van der Waals surface area contributed by atoms with Crippen molar-refractivity contribution in [3.63, 3.8) is 0 Å². The van der Waals surface area contributed by atoms with Gasteiger partial charge in [-0.1, -0.05) is 41.1 Å². The summed E-state index contributed by atoms with van der Waals surface area (Å²) in [6.07, 6.45) is 0. The van der Waals surface area contributed by atoms with Crippen LogP contribution in [-0.2, 0) is 10.8 Å². The van der Waals surface area contributed by atoms with Gasteiger partial charge in [0, 0.05) is 36.4 Å². The molecular formula is C14H23NO. The number of rotatable bonds is 0. The minimum absolute atomic E-state index is 1.40. The third kappa shape index (κ3) is 2.49. The summed E-state index contributed by atoms with van der Waals surface area (Å²) in [6.45, 7) is -24.7. The minimum atomic E-state index is -4.21. The molecule has 0 aliphatic rings. The molecule has 0 atom stereocenters. The van der Waals surface area contributed by atoms with Crippen molar-refractivity contribution in [2.24, 2.45) is 0 Å². The maximum absolute atomic E-state index is 10.6. The van der Waals surface area contributed by atoms with Gasteiger partial charge in [-0.05, 0) is 28.0 Å². The number of nitrogens with two attached hydrogens (primary N) is 1. The number of phenolic OH excluding ortho intramolecular Hbond substituents is 1. The van der Waals surface area contributed by atoms with E-state index in [2.05, 4.69) is 0 Å². The van der Waals surface area contributed by atoms with E-state index in [1.165, 1.54) is 0 Å². The fourth-order valence-electron chi connectivity index (χ4n) is 1.07. The zero-order valence-corrected chi connectivity index (χ0v) is 8.02. The van der Waals surface area contributed by atoms with E-state index in [1.807, 2.05) is 0 Å². The fraction of sp³-hybridized carbons (Fsp3) is 0.571. The van der Waals surface area contributed by atoms with E-state index >= 15 is 0 Å². The summed E-state index contributed by atoms with van der Waals surface area (Å²) in [7, 11) is 0. The van der Waals surface area contributed by atoms with E-state index in [1.54, 1.807) is 0 Å². The van der Waals surface area contributed by atoms with E-state index in [9.17, 15) is 5.11 Å². The van der Waals surface area contributed by atoms with Gasteiger partial charge in [0.1, 0.15) is 5.75 Å². The highest BCUT2D eigenvalue weighted by Gasteiger charge is 2.24. The van der Waals surface area contributed by atoms with E-state index in [-0.39, 0.29) is 0 Å². The molecule has 0 radical (unpaired) electrons. The number of hydrogen-bond donors (Lipinski definition) is 2. The lowest BCUT2D eigenvalue weighted by molar-refractivity contribution is 0.445. The molecule has 16 heavy (non-hydrogen) atoms. The lowest BCUT2D eigenvalue weighted by Crippen LogP contribution is -2.18. The number of anilines is 1. The Morgan fingerprint density at radius 3 is 2.06 bits per heavy atom. The van der Waals surface area contributed by atoms with Crippen molar-refractivity contribution >= 4 is 5.69 Å². The topological polar surface area (TPSA) is 46.2 Å². The van der Waals surface area contributed by atoms with Gasteiger partial charge in [-0.15, -0.1) is 0 Å². The van der Waals surface area contributed by atoms with Crippen LogP contribution in [0.4, 0.5) is 5.69 Å². The Morgan fingerprint density at radius 1 is 1.06 bits per heavy atom. The highest BCUT2D eigenvalue weighted by atomic mass is 16.3. The van der Waals surface area contributed by atoms with Crippen LogP contribution in [0.5, 0.6) is 5.75 Å². The highest BCUT2D eigenvalue weighted by molar-refractivity contribution is 5.58. The first kappa shape index (κ1) is 2.33. The molecule has 0 heterocycles. The first-order valence-electron chi connectivity index (χ1n) is 14.0. The molecule has 0 unspecified atom stereocenters. The zero-order chi connectivity index (χ0) is 29.5. The molecule has 2 heteroatoms. The Bertz CT molecular complexity index is 852. The predicted molar refractivity (Wildman–Crippen MR) is 69.9 cm³/mol. The Kier molecular flexibility index (Phi) is 0.538. The highest BCUT2D eigenvalue weighted by Crippen LogP contribution is 2.38. The number of hydrogen-bond acceptors (Lipinski definition) is 2. The van der Waals surface area contributed by atoms with Crippen molar-refractivity contribution in [3.8, 4) is 5.75 Å². The number of nitrogen functional groups attached to an aromatic ring is 1. The molecule has 2 nitrogen and oxygen atoms in total. The van der Waals surface area contributed by atoms with Crippen molar-refractivity contribution in [1.29, 1.82) is 0 Å². The molecule has 90 valence electrons. The molecule has 0 aliphatic heterocycles. The average molecular weight is 241 g/mol. The SMILES string of the molecule is [2H]c1c(N)c(C(C([2H])([2H])[2H])(C([2H])([2H])[2H])C([2H])([2H])[2H])c([2H])c(C(C([2H])([2H])[2H])(C([2H])([2H])[2H])C([2H])([2H])[2H])c1O. The van der Waals surface area contributed by atoms with E-state index < -0.39 is 86.6 Å². The number of benzene rings is 1. The van der Waals surface area contributed by atoms with E-state index in [4.69, 9.17) is 33.1 Å². The maximum atomic E-state index is 10.6. The van der Waals surface area contributed by atoms with Gasteiger partial charge in [0.2, 0.25) is 0 Å². The average Bonchev–Trinajstić information content (AvgIpc) is 2.53. The van der Waals surface area contributed by atoms with Crippen molar-refractivity contribution < 1.29 is 32.5 Å². The van der Waals surface area contributed by atoms with Gasteiger partial charge in [-0.25, -0.2) is 0 Å². The van der Waals surface area contributed by atoms with Crippen LogP contribution in [0.25, 0.3) is 0 Å². The van der Waals surface area contributed by atoms with Gasteiger partial charge in [-0.2, -0.15) is 0 Å². The number of aromatic hydroxyl groups is 1. The predicted octanol–water partition coefficient (Wildman–Crippen LogP) is 3.57. The Hall–Kier alpha value is -1.18. The molecule has 1 aromatic carbocycles. The second kappa shape index (κ2) is 3.69. The monoisotopic (exact) mass is 241 g/mol. The standard InChI is InChI=1S/C14H23NO/c1-13(2,3)9-7-10(14(4,5)6)12(16)8-11(9)15/h7-8,16H,15H2,1-6H3/i1D3,2D3,3D3,4D3,5D3,6D3,7D,8D. The van der Waals surface area contributed by atoms with Gasteiger partial charge in [0.05, 0.1) is 2.74 Å². The molecule has 0 amide bonds. The molecule has 0 aliphatic carbocycles. The number of phenols is 1. The van der Waals surface area contributed by atoms with Crippen LogP contribution >= 0.6 is 0 Å². The molecule has 0 saturated heterocycles. The lowest BCUT2D eigenvalue weighted by atomic mass is 9.79. The molecule has 0 aromatic heterocycles. The summed E-state index contributed by atoms with van der Waals surface area (Å²) in [5.41, 5.74) is -7.71. The van der Waals surface area contributed by atoms with Crippen LogP contribution in [0.3, 0.4) is 0 Å². The summed E-state index contributed by atoms with van der Waals surface area (Å²) < 4.78 is 157. The smallest absolute Gasteiger partial charge is 0.121 e. The van der Waals surface area contributed by atoms with Crippen molar-refractivity contribution in [1.82, 2.24) is 0 Å². The largest absolute Gasteiger partial charge is 0.508 e. The van der Waals surface area contributed by atoms with Gasteiger partial charge in [0.25, 0.3) is 0 Å². The summed E-state index contributed by atoms with van der Waals surface area (Å²) in [6, 6.07) is -3.42. The molecule has 1 rings (SSSR count). The molecular weight excluding hydrogens is 198 g/mol. The van der Waals surface area contributed by atoms with Crippen molar-refractivity contribution in [2.45, 2.75) is 51.9 Å². The van der Waals surface area contributed by atoms with Crippen LogP contribution in [0.15, 0.2) is 12.1 Å². The molecule has 1 aromatic rings. The molecule has 3 N–H and O–H groups in total. The molecule has 0 bridgehead atoms. The molecule has 0 spiro atoms. The summed E-state index contributed by atoms with van der Waals surface area (Å²) in [5.74, 6) is -1.78. The van der Waals surface area contributed by atoms with Crippen molar-refractivity contribution in [2.75, 3.05) is 5.73 Å². The van der Waals surface area contributed by atoms with Crippen LogP contribution in [0.1, 0.15) is 79.7 Å². The van der Waals surface area contributed by atoms with Crippen molar-refractivity contribution in [3.05, 3.63) is 23.2 Å².